The summed E-state index contributed by atoms with van der Waals surface area (Å²) < 4.78 is 0. The molecule has 1 heterocycles. The maximum atomic E-state index is 12.0. The summed E-state index contributed by atoms with van der Waals surface area (Å²) in [5.41, 5.74) is 0.577. The zero-order valence-electron chi connectivity index (χ0n) is 11.2. The summed E-state index contributed by atoms with van der Waals surface area (Å²) in [6.07, 6.45) is 4.61. The minimum Gasteiger partial charge on any atom is -0.393 e. The summed E-state index contributed by atoms with van der Waals surface area (Å²) in [6.45, 7) is 2.81. The number of aromatic nitrogens is 1. The number of nitrogens with one attached hydrogen (secondary N) is 2. The molecule has 1 aliphatic rings. The van der Waals surface area contributed by atoms with E-state index in [0.717, 1.165) is 38.0 Å². The third kappa shape index (κ3) is 3.92. The quantitative estimate of drug-likeness (QED) is 0.770. The van der Waals surface area contributed by atoms with Crippen LogP contribution in [0.1, 0.15) is 43.0 Å². The monoisotopic (exact) mass is 263 g/mol. The Kier molecular flexibility index (Phi) is 4.74. The van der Waals surface area contributed by atoms with E-state index in [0.29, 0.717) is 5.56 Å². The van der Waals surface area contributed by atoms with Gasteiger partial charge in [-0.15, -0.1) is 0 Å². The lowest BCUT2D eigenvalue weighted by atomic mass is 9.93. The Morgan fingerprint density at radius 3 is 2.68 bits per heavy atom. The van der Waals surface area contributed by atoms with E-state index in [4.69, 9.17) is 0 Å². The van der Waals surface area contributed by atoms with Gasteiger partial charge >= 0.3 is 0 Å². The zero-order chi connectivity index (χ0) is 13.7. The highest BCUT2D eigenvalue weighted by Gasteiger charge is 2.21. The molecule has 3 N–H and O–H groups in total. The normalized spacial score (nSPS) is 22.8. The van der Waals surface area contributed by atoms with Crippen molar-refractivity contribution in [2.24, 2.45) is 0 Å². The molecular weight excluding hydrogens is 242 g/mol. The highest BCUT2D eigenvalue weighted by molar-refractivity contribution is 5.94. The fraction of sp³-hybridized carbons (Fsp3) is 0.571. The zero-order valence-corrected chi connectivity index (χ0v) is 11.2. The van der Waals surface area contributed by atoms with E-state index in [9.17, 15) is 9.90 Å². The third-order valence-corrected chi connectivity index (χ3v) is 3.42. The van der Waals surface area contributed by atoms with Crippen molar-refractivity contribution in [3.05, 3.63) is 23.9 Å². The van der Waals surface area contributed by atoms with Crippen LogP contribution < -0.4 is 10.6 Å². The number of carbonyl (C=O) groups is 1. The first-order chi connectivity index (χ1) is 9.19. The van der Waals surface area contributed by atoms with Gasteiger partial charge in [-0.25, -0.2) is 4.98 Å². The van der Waals surface area contributed by atoms with Gasteiger partial charge in [0, 0.05) is 18.8 Å². The molecule has 1 aromatic rings. The molecular formula is C14H21N3O2. The molecule has 1 aliphatic carbocycles. The van der Waals surface area contributed by atoms with Crippen LogP contribution in [-0.2, 0) is 0 Å². The average molecular weight is 263 g/mol. The molecule has 0 radical (unpaired) electrons. The maximum Gasteiger partial charge on any atom is 0.253 e. The first kappa shape index (κ1) is 13.8. The number of anilines is 1. The predicted molar refractivity (Wildman–Crippen MR) is 74.1 cm³/mol. The Bertz CT molecular complexity index is 411. The number of nitrogens with zero attached hydrogens (tertiary/aromatic N) is 1. The van der Waals surface area contributed by atoms with Crippen LogP contribution in [0.25, 0.3) is 0 Å². The van der Waals surface area contributed by atoms with Gasteiger partial charge in [0.15, 0.2) is 0 Å². The molecule has 1 fully saturated rings. The van der Waals surface area contributed by atoms with Crippen LogP contribution in [0.2, 0.25) is 0 Å². The van der Waals surface area contributed by atoms with Crippen LogP contribution in [0.5, 0.6) is 0 Å². The van der Waals surface area contributed by atoms with Gasteiger partial charge in [0.2, 0.25) is 0 Å². The van der Waals surface area contributed by atoms with Gasteiger partial charge < -0.3 is 15.7 Å². The second kappa shape index (κ2) is 6.52. The van der Waals surface area contributed by atoms with E-state index in [2.05, 4.69) is 15.6 Å². The van der Waals surface area contributed by atoms with Crippen molar-refractivity contribution in [2.75, 3.05) is 11.9 Å². The topological polar surface area (TPSA) is 74.2 Å². The third-order valence-electron chi connectivity index (χ3n) is 3.42. The van der Waals surface area contributed by atoms with Crippen molar-refractivity contribution in [1.82, 2.24) is 10.3 Å². The standard InChI is InChI=1S/C14H21N3O2/c1-2-15-13-8-3-10(9-16-13)14(19)17-11-4-6-12(18)7-5-11/h3,8-9,11-12,18H,2,4-7H2,1H3,(H,15,16)(H,17,19). The SMILES string of the molecule is CCNc1ccc(C(=O)NC2CCC(O)CC2)cn1. The molecule has 1 aromatic heterocycles. The molecule has 1 amide bonds. The van der Waals surface area contributed by atoms with Crippen molar-refractivity contribution in [3.8, 4) is 0 Å². The minimum atomic E-state index is -0.200. The molecule has 0 aromatic carbocycles. The number of amides is 1. The summed E-state index contributed by atoms with van der Waals surface area (Å²) in [4.78, 5) is 16.2. The summed E-state index contributed by atoms with van der Waals surface area (Å²) in [5, 5.41) is 15.5. The fourth-order valence-corrected chi connectivity index (χ4v) is 2.30. The van der Waals surface area contributed by atoms with Crippen LogP contribution in [0.4, 0.5) is 5.82 Å². The van der Waals surface area contributed by atoms with Crippen LogP contribution in [0.3, 0.4) is 0 Å². The summed E-state index contributed by atoms with van der Waals surface area (Å²) in [6, 6.07) is 3.76. The molecule has 5 heteroatoms. The molecule has 5 nitrogen and oxygen atoms in total. The second-order valence-electron chi connectivity index (χ2n) is 4.94. The fourth-order valence-electron chi connectivity index (χ4n) is 2.30. The molecule has 0 saturated heterocycles. The highest BCUT2D eigenvalue weighted by Crippen LogP contribution is 2.18. The second-order valence-corrected chi connectivity index (χ2v) is 4.94. The summed E-state index contributed by atoms with van der Waals surface area (Å²) >= 11 is 0. The van der Waals surface area contributed by atoms with Gasteiger partial charge in [0.05, 0.1) is 11.7 Å². The molecule has 19 heavy (non-hydrogen) atoms. The lowest BCUT2D eigenvalue weighted by Crippen LogP contribution is -2.38. The Hall–Kier alpha value is -1.62. The minimum absolute atomic E-state index is 0.0862. The van der Waals surface area contributed by atoms with Gasteiger partial charge in [0.1, 0.15) is 5.82 Å². The van der Waals surface area contributed by atoms with E-state index in [1.165, 1.54) is 0 Å². The highest BCUT2D eigenvalue weighted by atomic mass is 16.3. The average Bonchev–Trinajstić information content (AvgIpc) is 2.42. The lowest BCUT2D eigenvalue weighted by molar-refractivity contribution is 0.0867. The van der Waals surface area contributed by atoms with Crippen molar-refractivity contribution in [2.45, 2.75) is 44.8 Å². The summed E-state index contributed by atoms with van der Waals surface area (Å²) in [5.74, 6) is 0.691. The number of pyridine rings is 1. The predicted octanol–water partition coefficient (Wildman–Crippen LogP) is 1.55. The van der Waals surface area contributed by atoms with Crippen LogP contribution in [0.15, 0.2) is 18.3 Å². The van der Waals surface area contributed by atoms with E-state index in [1.54, 1.807) is 12.3 Å². The molecule has 0 aliphatic heterocycles. The number of aliphatic hydroxyl groups excluding tert-OH is 1. The van der Waals surface area contributed by atoms with Crippen molar-refractivity contribution >= 4 is 11.7 Å². The van der Waals surface area contributed by atoms with E-state index >= 15 is 0 Å². The Labute approximate surface area is 113 Å². The van der Waals surface area contributed by atoms with Gasteiger partial charge in [0.25, 0.3) is 5.91 Å². The van der Waals surface area contributed by atoms with Crippen molar-refractivity contribution in [3.63, 3.8) is 0 Å². The van der Waals surface area contributed by atoms with Gasteiger partial charge in [-0.05, 0) is 44.7 Å². The first-order valence-electron chi connectivity index (χ1n) is 6.88. The molecule has 0 atom stereocenters. The number of aliphatic hydroxyl groups is 1. The van der Waals surface area contributed by atoms with E-state index < -0.39 is 0 Å². The summed E-state index contributed by atoms with van der Waals surface area (Å²) in [7, 11) is 0. The molecule has 0 bridgehead atoms. The van der Waals surface area contributed by atoms with Crippen LogP contribution in [-0.4, -0.2) is 34.7 Å². The Morgan fingerprint density at radius 1 is 1.37 bits per heavy atom. The van der Waals surface area contributed by atoms with E-state index in [1.807, 2.05) is 13.0 Å². The van der Waals surface area contributed by atoms with Crippen molar-refractivity contribution < 1.29 is 9.90 Å². The van der Waals surface area contributed by atoms with Crippen LogP contribution in [0, 0.1) is 0 Å². The number of hydrogen-bond acceptors (Lipinski definition) is 4. The van der Waals surface area contributed by atoms with Crippen LogP contribution >= 0.6 is 0 Å². The lowest BCUT2D eigenvalue weighted by Gasteiger charge is -2.26. The number of rotatable bonds is 4. The number of carbonyl (C=O) groups excluding carboxylic acids is 1. The van der Waals surface area contributed by atoms with E-state index in [-0.39, 0.29) is 18.1 Å². The molecule has 2 rings (SSSR count). The molecule has 1 saturated carbocycles. The Balaban J connectivity index is 1.88. The molecule has 0 unspecified atom stereocenters. The van der Waals surface area contributed by atoms with Gasteiger partial charge in [-0.3, -0.25) is 4.79 Å². The Morgan fingerprint density at radius 2 is 2.11 bits per heavy atom. The largest absolute Gasteiger partial charge is 0.393 e. The molecule has 104 valence electrons. The van der Waals surface area contributed by atoms with Gasteiger partial charge in [-0.2, -0.15) is 0 Å². The number of hydrogen-bond donors (Lipinski definition) is 3. The maximum absolute atomic E-state index is 12.0. The van der Waals surface area contributed by atoms with Gasteiger partial charge in [-0.1, -0.05) is 0 Å². The van der Waals surface area contributed by atoms with Crippen molar-refractivity contribution in [1.29, 1.82) is 0 Å². The first-order valence-corrected chi connectivity index (χ1v) is 6.88. The smallest absolute Gasteiger partial charge is 0.253 e. The molecule has 0 spiro atoms.